The second-order valence-electron chi connectivity index (χ2n) is 5.52. The van der Waals surface area contributed by atoms with E-state index in [9.17, 15) is 9.59 Å². The van der Waals surface area contributed by atoms with E-state index in [0.29, 0.717) is 13.1 Å². The number of benzene rings is 1. The van der Waals surface area contributed by atoms with Crippen molar-refractivity contribution in [3.05, 3.63) is 46.7 Å². The molecule has 1 atom stereocenters. The largest absolute Gasteiger partial charge is 0.369 e. The van der Waals surface area contributed by atoms with Gasteiger partial charge in [-0.3, -0.25) is 9.59 Å². The zero-order valence-corrected chi connectivity index (χ0v) is 13.0. The Hall–Kier alpha value is -2.14. The molecule has 22 heavy (non-hydrogen) atoms. The number of carbonyl (C=O) groups is 2. The Bertz CT molecular complexity index is 681. The number of amides is 2. The summed E-state index contributed by atoms with van der Waals surface area (Å²) in [5.41, 5.74) is 7.39. The topological polar surface area (TPSA) is 63.4 Å². The van der Waals surface area contributed by atoms with E-state index in [1.165, 1.54) is 11.3 Å². The lowest BCUT2D eigenvalue weighted by molar-refractivity contribution is -0.123. The number of likely N-dealkylation sites (tertiary alicyclic amines) is 1. The minimum absolute atomic E-state index is 0.000182. The van der Waals surface area contributed by atoms with Gasteiger partial charge in [-0.25, -0.2) is 0 Å². The average molecular weight is 314 g/mol. The lowest BCUT2D eigenvalue weighted by Gasteiger charge is -2.31. The molecule has 1 unspecified atom stereocenters. The highest BCUT2D eigenvalue weighted by atomic mass is 32.1. The average Bonchev–Trinajstić information content (AvgIpc) is 3.04. The van der Waals surface area contributed by atoms with Crippen LogP contribution in [0.2, 0.25) is 0 Å². The van der Waals surface area contributed by atoms with Crippen LogP contribution in [0.3, 0.4) is 0 Å². The van der Waals surface area contributed by atoms with E-state index < -0.39 is 0 Å². The SMILES string of the molecule is NC(=O)C1CCCN(C(=O)c2sccc2-c2ccccc2)C1. The van der Waals surface area contributed by atoms with Crippen molar-refractivity contribution in [3.8, 4) is 11.1 Å². The van der Waals surface area contributed by atoms with Crippen LogP contribution >= 0.6 is 11.3 Å². The summed E-state index contributed by atoms with van der Waals surface area (Å²) >= 11 is 1.45. The third-order valence-electron chi connectivity index (χ3n) is 4.06. The number of nitrogens with zero attached hydrogens (tertiary/aromatic N) is 1. The molecule has 1 saturated heterocycles. The van der Waals surface area contributed by atoms with Gasteiger partial charge in [-0.15, -0.1) is 11.3 Å². The summed E-state index contributed by atoms with van der Waals surface area (Å²) in [4.78, 5) is 26.7. The molecule has 1 fully saturated rings. The van der Waals surface area contributed by atoms with Gasteiger partial charge in [-0.2, -0.15) is 0 Å². The molecule has 0 bridgehead atoms. The first-order chi connectivity index (χ1) is 10.7. The fraction of sp³-hybridized carbons (Fsp3) is 0.294. The Balaban J connectivity index is 1.84. The van der Waals surface area contributed by atoms with Crippen molar-refractivity contribution in [2.45, 2.75) is 12.8 Å². The molecule has 4 nitrogen and oxygen atoms in total. The van der Waals surface area contributed by atoms with Gasteiger partial charge < -0.3 is 10.6 Å². The minimum Gasteiger partial charge on any atom is -0.369 e. The summed E-state index contributed by atoms with van der Waals surface area (Å²) in [5, 5.41) is 1.94. The smallest absolute Gasteiger partial charge is 0.264 e. The first-order valence-electron chi connectivity index (χ1n) is 7.38. The monoisotopic (exact) mass is 314 g/mol. The molecule has 5 heteroatoms. The van der Waals surface area contributed by atoms with Crippen molar-refractivity contribution in [1.29, 1.82) is 0 Å². The predicted molar refractivity (Wildman–Crippen MR) is 87.6 cm³/mol. The first-order valence-corrected chi connectivity index (χ1v) is 8.26. The molecule has 2 aromatic rings. The molecule has 1 aliphatic rings. The fourth-order valence-electron chi connectivity index (χ4n) is 2.86. The molecule has 2 amide bonds. The van der Waals surface area contributed by atoms with Gasteiger partial charge in [0.2, 0.25) is 5.91 Å². The third kappa shape index (κ3) is 2.90. The number of piperidine rings is 1. The molecular weight excluding hydrogens is 296 g/mol. The number of thiophene rings is 1. The molecule has 2 N–H and O–H groups in total. The normalized spacial score (nSPS) is 18.2. The summed E-state index contributed by atoms with van der Waals surface area (Å²) in [6.45, 7) is 1.12. The van der Waals surface area contributed by atoms with E-state index in [2.05, 4.69) is 0 Å². The maximum atomic E-state index is 12.8. The van der Waals surface area contributed by atoms with Gasteiger partial charge in [0.1, 0.15) is 0 Å². The molecule has 0 radical (unpaired) electrons. The summed E-state index contributed by atoms with van der Waals surface area (Å²) in [6, 6.07) is 11.9. The zero-order valence-electron chi connectivity index (χ0n) is 12.2. The first kappa shape index (κ1) is 14.8. The molecule has 1 aromatic heterocycles. The van der Waals surface area contributed by atoms with Gasteiger partial charge >= 0.3 is 0 Å². The molecule has 3 rings (SSSR count). The number of carbonyl (C=O) groups excluding carboxylic acids is 2. The molecule has 0 saturated carbocycles. The zero-order chi connectivity index (χ0) is 15.5. The minimum atomic E-state index is -0.313. The van der Waals surface area contributed by atoms with Crippen molar-refractivity contribution in [2.24, 2.45) is 11.7 Å². The number of nitrogens with two attached hydrogens (primary N) is 1. The Morgan fingerprint density at radius 3 is 2.68 bits per heavy atom. The van der Waals surface area contributed by atoms with E-state index in [1.54, 1.807) is 4.90 Å². The summed E-state index contributed by atoms with van der Waals surface area (Å²) in [6.07, 6.45) is 1.60. The Kier molecular flexibility index (Phi) is 4.24. The van der Waals surface area contributed by atoms with Gasteiger partial charge in [0.05, 0.1) is 10.8 Å². The molecule has 0 spiro atoms. The van der Waals surface area contributed by atoms with Gasteiger partial charge in [0.15, 0.2) is 0 Å². The van der Waals surface area contributed by atoms with Crippen LogP contribution in [0.25, 0.3) is 11.1 Å². The Morgan fingerprint density at radius 2 is 1.95 bits per heavy atom. The summed E-state index contributed by atoms with van der Waals surface area (Å²) in [7, 11) is 0. The number of hydrogen-bond acceptors (Lipinski definition) is 3. The molecular formula is C17H18N2O2S. The van der Waals surface area contributed by atoms with Crippen LogP contribution in [0.4, 0.5) is 0 Å². The van der Waals surface area contributed by atoms with E-state index in [4.69, 9.17) is 5.73 Å². The quantitative estimate of drug-likeness (QED) is 0.947. The van der Waals surface area contributed by atoms with Crippen LogP contribution in [0.1, 0.15) is 22.5 Å². The molecule has 114 valence electrons. The number of rotatable bonds is 3. The van der Waals surface area contributed by atoms with Gasteiger partial charge in [-0.1, -0.05) is 30.3 Å². The lowest BCUT2D eigenvalue weighted by Crippen LogP contribution is -2.44. The molecule has 1 aromatic carbocycles. The van der Waals surface area contributed by atoms with Crippen LogP contribution in [-0.2, 0) is 4.79 Å². The molecule has 1 aliphatic heterocycles. The van der Waals surface area contributed by atoms with Crippen LogP contribution in [0, 0.1) is 5.92 Å². The van der Waals surface area contributed by atoms with Crippen molar-refractivity contribution in [1.82, 2.24) is 4.90 Å². The van der Waals surface area contributed by atoms with E-state index in [1.807, 2.05) is 41.8 Å². The van der Waals surface area contributed by atoms with Gasteiger partial charge in [0.25, 0.3) is 5.91 Å². The van der Waals surface area contributed by atoms with Crippen LogP contribution < -0.4 is 5.73 Å². The molecule has 0 aliphatic carbocycles. The lowest BCUT2D eigenvalue weighted by atomic mass is 9.97. The highest BCUT2D eigenvalue weighted by Gasteiger charge is 2.29. The predicted octanol–water partition coefficient (Wildman–Crippen LogP) is 2.75. The van der Waals surface area contributed by atoms with Crippen molar-refractivity contribution >= 4 is 23.2 Å². The maximum absolute atomic E-state index is 12.8. The second-order valence-corrected chi connectivity index (χ2v) is 6.44. The van der Waals surface area contributed by atoms with Crippen LogP contribution in [0.5, 0.6) is 0 Å². The van der Waals surface area contributed by atoms with E-state index in [0.717, 1.165) is 28.8 Å². The van der Waals surface area contributed by atoms with Crippen molar-refractivity contribution < 1.29 is 9.59 Å². The van der Waals surface area contributed by atoms with Gasteiger partial charge in [-0.05, 0) is 29.9 Å². The number of hydrogen-bond donors (Lipinski definition) is 1. The summed E-state index contributed by atoms with van der Waals surface area (Å²) < 4.78 is 0. The van der Waals surface area contributed by atoms with Crippen LogP contribution in [0.15, 0.2) is 41.8 Å². The van der Waals surface area contributed by atoms with Crippen molar-refractivity contribution in [3.63, 3.8) is 0 Å². The maximum Gasteiger partial charge on any atom is 0.264 e. The fourth-order valence-corrected chi connectivity index (χ4v) is 3.74. The summed E-state index contributed by atoms with van der Waals surface area (Å²) in [5.74, 6) is -0.537. The van der Waals surface area contributed by atoms with E-state index in [-0.39, 0.29) is 17.7 Å². The highest BCUT2D eigenvalue weighted by molar-refractivity contribution is 7.12. The second kappa shape index (κ2) is 6.32. The van der Waals surface area contributed by atoms with Gasteiger partial charge in [0, 0.05) is 18.7 Å². The highest BCUT2D eigenvalue weighted by Crippen LogP contribution is 2.30. The molecule has 2 heterocycles. The third-order valence-corrected chi connectivity index (χ3v) is 4.96. The standard InChI is InChI=1S/C17H18N2O2S/c18-16(20)13-7-4-9-19(11-13)17(21)15-14(8-10-22-15)12-5-2-1-3-6-12/h1-3,5-6,8,10,13H,4,7,9,11H2,(H2,18,20). The van der Waals surface area contributed by atoms with E-state index >= 15 is 0 Å². The van der Waals surface area contributed by atoms with Crippen molar-refractivity contribution in [2.75, 3.05) is 13.1 Å². The van der Waals surface area contributed by atoms with Crippen LogP contribution in [-0.4, -0.2) is 29.8 Å². The Morgan fingerprint density at radius 1 is 1.18 bits per heavy atom. The number of primary amides is 1. The Labute approximate surface area is 133 Å².